The maximum atomic E-state index is 13.0. The number of carbonyl (C=O) groups is 2. The first-order chi connectivity index (χ1) is 9.97. The van der Waals surface area contributed by atoms with Crippen LogP contribution in [0.3, 0.4) is 0 Å². The molecule has 1 rings (SSSR count). The second-order valence-electron chi connectivity index (χ2n) is 4.93. The third kappa shape index (κ3) is 5.51. The van der Waals surface area contributed by atoms with Crippen LogP contribution >= 0.6 is 0 Å². The van der Waals surface area contributed by atoms with Crippen LogP contribution in [0.5, 0.6) is 0 Å². The lowest BCUT2D eigenvalue weighted by atomic mass is 9.96. The molecule has 5 nitrogen and oxygen atoms in total. The Hall–Kier alpha value is -1.95. The van der Waals surface area contributed by atoms with Crippen LogP contribution in [0.2, 0.25) is 0 Å². The number of halogens is 1. The highest BCUT2D eigenvalue weighted by Gasteiger charge is 2.14. The fourth-order valence-electron chi connectivity index (χ4n) is 2.14. The minimum Gasteiger partial charge on any atom is -0.478 e. The van der Waals surface area contributed by atoms with Gasteiger partial charge in [0.25, 0.3) is 0 Å². The number of benzene rings is 1. The summed E-state index contributed by atoms with van der Waals surface area (Å²) in [5.74, 6) is -1.83. The second kappa shape index (κ2) is 8.36. The molecule has 0 aliphatic carbocycles. The van der Waals surface area contributed by atoms with E-state index in [1.807, 2.05) is 6.92 Å². The molecule has 0 bridgehead atoms. The predicted octanol–water partition coefficient (Wildman–Crippen LogP) is 2.62. The normalized spacial score (nSPS) is 12.0. The Kier molecular flexibility index (Phi) is 6.81. The molecule has 1 atom stereocenters. The molecule has 4 N–H and O–H groups in total. The van der Waals surface area contributed by atoms with Gasteiger partial charge in [0, 0.05) is 6.42 Å². The van der Waals surface area contributed by atoms with Gasteiger partial charge in [-0.25, -0.2) is 9.18 Å². The molecule has 1 unspecified atom stereocenters. The van der Waals surface area contributed by atoms with E-state index in [9.17, 15) is 14.0 Å². The van der Waals surface area contributed by atoms with Crippen molar-refractivity contribution >= 4 is 17.6 Å². The molecule has 1 amide bonds. The molecule has 0 saturated carbocycles. The number of hydrogen-bond acceptors (Lipinski definition) is 3. The Morgan fingerprint density at radius 2 is 2.10 bits per heavy atom. The Bertz CT molecular complexity index is 506. The van der Waals surface area contributed by atoms with Crippen molar-refractivity contribution in [3.63, 3.8) is 0 Å². The largest absolute Gasteiger partial charge is 0.478 e. The van der Waals surface area contributed by atoms with Crippen molar-refractivity contribution in [2.45, 2.75) is 32.6 Å². The lowest BCUT2D eigenvalue weighted by Crippen LogP contribution is -2.17. The molecule has 0 heterocycles. The summed E-state index contributed by atoms with van der Waals surface area (Å²) in [6.07, 6.45) is 2.79. The average molecular weight is 296 g/mol. The first kappa shape index (κ1) is 17.1. The van der Waals surface area contributed by atoms with E-state index in [-0.39, 0.29) is 23.6 Å². The zero-order valence-corrected chi connectivity index (χ0v) is 12.1. The van der Waals surface area contributed by atoms with Crippen LogP contribution in [0.15, 0.2) is 18.2 Å². The lowest BCUT2D eigenvalue weighted by molar-refractivity contribution is -0.116. The summed E-state index contributed by atoms with van der Waals surface area (Å²) in [6, 6.07) is 3.26. The number of carboxylic acids is 1. The van der Waals surface area contributed by atoms with E-state index in [1.54, 1.807) is 0 Å². The van der Waals surface area contributed by atoms with Gasteiger partial charge in [-0.1, -0.05) is 13.3 Å². The number of carboxylic acid groups (broad SMARTS) is 1. The Labute approximate surface area is 123 Å². The Balaban J connectivity index is 2.65. The van der Waals surface area contributed by atoms with Crippen LogP contribution in [0.4, 0.5) is 10.1 Å². The van der Waals surface area contributed by atoms with Gasteiger partial charge >= 0.3 is 5.97 Å². The van der Waals surface area contributed by atoms with Crippen LogP contribution in [0.25, 0.3) is 0 Å². The molecule has 0 aliphatic rings. The SMILES string of the molecule is CCC(CCN)CCC(=O)Nc1ccc(F)cc1C(=O)O. The van der Waals surface area contributed by atoms with E-state index in [1.165, 1.54) is 6.07 Å². The van der Waals surface area contributed by atoms with Crippen molar-refractivity contribution in [1.82, 2.24) is 0 Å². The van der Waals surface area contributed by atoms with Crippen molar-refractivity contribution in [3.05, 3.63) is 29.6 Å². The quantitative estimate of drug-likeness (QED) is 0.687. The first-order valence-corrected chi connectivity index (χ1v) is 7.00. The summed E-state index contributed by atoms with van der Waals surface area (Å²) >= 11 is 0. The van der Waals surface area contributed by atoms with E-state index in [0.717, 1.165) is 25.0 Å². The standard InChI is InChI=1S/C15H21FN2O3/c1-2-10(7-8-17)3-6-14(19)18-13-5-4-11(16)9-12(13)15(20)21/h4-5,9-10H,2-3,6-8,17H2,1H3,(H,18,19)(H,20,21). The van der Waals surface area contributed by atoms with E-state index in [0.29, 0.717) is 18.9 Å². The topological polar surface area (TPSA) is 92.4 Å². The molecule has 0 fully saturated rings. The third-order valence-corrected chi connectivity index (χ3v) is 3.42. The summed E-state index contributed by atoms with van der Waals surface area (Å²) in [6.45, 7) is 2.63. The monoisotopic (exact) mass is 296 g/mol. The molecule has 0 radical (unpaired) electrons. The van der Waals surface area contributed by atoms with Crippen molar-refractivity contribution in [2.75, 3.05) is 11.9 Å². The molecule has 116 valence electrons. The maximum absolute atomic E-state index is 13.0. The molecule has 0 aliphatic heterocycles. The van der Waals surface area contributed by atoms with Crippen molar-refractivity contribution < 1.29 is 19.1 Å². The van der Waals surface area contributed by atoms with Gasteiger partial charge in [0.15, 0.2) is 0 Å². The number of nitrogens with two attached hydrogens (primary N) is 1. The fraction of sp³-hybridized carbons (Fsp3) is 0.467. The van der Waals surface area contributed by atoms with Crippen LogP contribution in [0, 0.1) is 11.7 Å². The smallest absolute Gasteiger partial charge is 0.337 e. The molecule has 1 aromatic rings. The van der Waals surface area contributed by atoms with Gasteiger partial charge < -0.3 is 16.2 Å². The average Bonchev–Trinajstić information content (AvgIpc) is 2.45. The maximum Gasteiger partial charge on any atom is 0.337 e. The van der Waals surface area contributed by atoms with Crippen LogP contribution < -0.4 is 11.1 Å². The molecule has 0 aromatic heterocycles. The fourth-order valence-corrected chi connectivity index (χ4v) is 2.14. The van der Waals surface area contributed by atoms with E-state index < -0.39 is 11.8 Å². The number of nitrogens with one attached hydrogen (secondary N) is 1. The molecule has 0 spiro atoms. The Morgan fingerprint density at radius 3 is 2.67 bits per heavy atom. The van der Waals surface area contributed by atoms with Crippen LogP contribution in [-0.4, -0.2) is 23.5 Å². The summed E-state index contributed by atoms with van der Waals surface area (Å²) in [7, 11) is 0. The van der Waals surface area contributed by atoms with E-state index >= 15 is 0 Å². The number of carbonyl (C=O) groups excluding carboxylic acids is 1. The van der Waals surface area contributed by atoms with Gasteiger partial charge in [0.05, 0.1) is 11.3 Å². The van der Waals surface area contributed by atoms with Crippen LogP contribution in [0.1, 0.15) is 43.0 Å². The van der Waals surface area contributed by atoms with Crippen molar-refractivity contribution in [2.24, 2.45) is 11.7 Å². The summed E-state index contributed by atoms with van der Waals surface area (Å²) in [5, 5.41) is 11.5. The van der Waals surface area contributed by atoms with Gasteiger partial charge in [0.1, 0.15) is 5.82 Å². The number of rotatable bonds is 8. The lowest BCUT2D eigenvalue weighted by Gasteiger charge is -2.13. The van der Waals surface area contributed by atoms with E-state index in [4.69, 9.17) is 10.8 Å². The zero-order valence-electron chi connectivity index (χ0n) is 12.1. The van der Waals surface area contributed by atoms with Gasteiger partial charge in [-0.15, -0.1) is 0 Å². The molecule has 1 aromatic carbocycles. The molecule has 6 heteroatoms. The third-order valence-electron chi connectivity index (χ3n) is 3.42. The highest BCUT2D eigenvalue weighted by molar-refractivity contribution is 6.00. The first-order valence-electron chi connectivity index (χ1n) is 7.00. The van der Waals surface area contributed by atoms with Gasteiger partial charge in [0.2, 0.25) is 5.91 Å². The van der Waals surface area contributed by atoms with Crippen LogP contribution in [-0.2, 0) is 4.79 Å². The van der Waals surface area contributed by atoms with E-state index in [2.05, 4.69) is 5.32 Å². The zero-order chi connectivity index (χ0) is 15.8. The summed E-state index contributed by atoms with van der Waals surface area (Å²) in [5.41, 5.74) is 5.36. The number of amides is 1. The molecular weight excluding hydrogens is 275 g/mol. The van der Waals surface area contributed by atoms with Gasteiger partial charge in [-0.3, -0.25) is 4.79 Å². The highest BCUT2D eigenvalue weighted by atomic mass is 19.1. The molecule has 21 heavy (non-hydrogen) atoms. The minimum absolute atomic E-state index is 0.112. The Morgan fingerprint density at radius 1 is 1.38 bits per heavy atom. The number of aromatic carboxylic acids is 1. The minimum atomic E-state index is -1.28. The number of hydrogen-bond donors (Lipinski definition) is 3. The number of anilines is 1. The van der Waals surface area contributed by atoms with Crippen molar-refractivity contribution in [3.8, 4) is 0 Å². The molecular formula is C15H21FN2O3. The highest BCUT2D eigenvalue weighted by Crippen LogP contribution is 2.19. The summed E-state index contributed by atoms with van der Waals surface area (Å²) in [4.78, 5) is 22.9. The van der Waals surface area contributed by atoms with Gasteiger partial charge in [-0.2, -0.15) is 0 Å². The second-order valence-corrected chi connectivity index (χ2v) is 4.93. The molecule has 0 saturated heterocycles. The predicted molar refractivity (Wildman–Crippen MR) is 78.7 cm³/mol. The summed E-state index contributed by atoms with van der Waals surface area (Å²) < 4.78 is 13.0. The van der Waals surface area contributed by atoms with Gasteiger partial charge in [-0.05, 0) is 43.5 Å². The van der Waals surface area contributed by atoms with Crippen molar-refractivity contribution in [1.29, 1.82) is 0 Å².